The first kappa shape index (κ1) is 18.3. The van der Waals surface area contributed by atoms with Crippen LogP contribution in [0.25, 0.3) is 21.9 Å². The minimum Gasteiger partial charge on any atom is -0.397 e. The molecule has 1 aromatic carbocycles. The van der Waals surface area contributed by atoms with E-state index in [1.54, 1.807) is 18.6 Å². The number of nitrogens with two attached hydrogens (primary N) is 1. The topological polar surface area (TPSA) is 101 Å². The largest absolute Gasteiger partial charge is 0.397 e. The van der Waals surface area contributed by atoms with E-state index in [1.807, 2.05) is 25.1 Å². The maximum Gasteiger partial charge on any atom is 0.229 e. The van der Waals surface area contributed by atoms with Crippen molar-refractivity contribution in [1.82, 2.24) is 9.97 Å². The standard InChI is InChI=1S/C22H21ClN4O2/c1-10-2-3-25-8-16(10)15-4-11-5-18(26-9-17(11)21(24)20(15)23)27-22(29)19-13-6-12(28)7-14(13)19/h2-5,8-9,12-14,19,28H,6-7,24H2,1H3,(H,26,27,29)/t12?,13-,14+,19-. The number of anilines is 2. The Hall–Kier alpha value is -2.70. The number of hydrogen-bond acceptors (Lipinski definition) is 5. The molecule has 4 atom stereocenters. The number of benzene rings is 1. The number of amides is 1. The van der Waals surface area contributed by atoms with Gasteiger partial charge in [0.1, 0.15) is 5.82 Å². The lowest BCUT2D eigenvalue weighted by molar-refractivity contribution is -0.118. The highest BCUT2D eigenvalue weighted by Gasteiger charge is 2.59. The SMILES string of the molecule is Cc1ccncc1-c1cc2cc(NC(=O)[C@@H]3[C@@H]4CC(O)C[C@@H]43)ncc2c(N)c1Cl. The van der Waals surface area contributed by atoms with Crippen LogP contribution in [-0.2, 0) is 4.79 Å². The highest BCUT2D eigenvalue weighted by Crippen LogP contribution is 2.57. The van der Waals surface area contributed by atoms with Crippen LogP contribution >= 0.6 is 11.6 Å². The quantitative estimate of drug-likeness (QED) is 0.572. The van der Waals surface area contributed by atoms with Gasteiger partial charge < -0.3 is 16.2 Å². The second kappa shape index (κ2) is 6.68. The summed E-state index contributed by atoms with van der Waals surface area (Å²) in [6.45, 7) is 2.00. The molecule has 2 saturated carbocycles. The van der Waals surface area contributed by atoms with Crippen molar-refractivity contribution >= 4 is 39.8 Å². The maximum atomic E-state index is 12.6. The van der Waals surface area contributed by atoms with E-state index < -0.39 is 0 Å². The fraction of sp³-hybridized carbons (Fsp3) is 0.318. The van der Waals surface area contributed by atoms with Crippen molar-refractivity contribution in [1.29, 1.82) is 0 Å². The third-order valence-electron chi connectivity index (χ3n) is 6.30. The molecule has 3 aromatic rings. The fourth-order valence-electron chi connectivity index (χ4n) is 4.72. The van der Waals surface area contributed by atoms with E-state index in [-0.39, 0.29) is 17.9 Å². The average Bonchev–Trinajstić information content (AvgIpc) is 3.22. The number of carbonyl (C=O) groups is 1. The predicted octanol–water partition coefficient (Wildman–Crippen LogP) is 3.80. The van der Waals surface area contributed by atoms with Crippen molar-refractivity contribution < 1.29 is 9.90 Å². The molecule has 1 unspecified atom stereocenters. The highest BCUT2D eigenvalue weighted by atomic mass is 35.5. The fourth-order valence-corrected chi connectivity index (χ4v) is 4.98. The van der Waals surface area contributed by atoms with Crippen LogP contribution < -0.4 is 11.1 Å². The number of aliphatic hydroxyl groups excluding tert-OH is 1. The first-order chi connectivity index (χ1) is 13.9. The molecule has 5 rings (SSSR count). The van der Waals surface area contributed by atoms with E-state index >= 15 is 0 Å². The Balaban J connectivity index is 1.47. The predicted molar refractivity (Wildman–Crippen MR) is 113 cm³/mol. The lowest BCUT2D eigenvalue weighted by Crippen LogP contribution is -2.19. The Morgan fingerprint density at radius 1 is 1.24 bits per heavy atom. The van der Waals surface area contributed by atoms with Crippen LogP contribution in [0.5, 0.6) is 0 Å². The van der Waals surface area contributed by atoms with Gasteiger partial charge in [-0.3, -0.25) is 9.78 Å². The summed E-state index contributed by atoms with van der Waals surface area (Å²) in [7, 11) is 0. The molecule has 148 valence electrons. The van der Waals surface area contributed by atoms with E-state index in [0.717, 1.165) is 40.3 Å². The molecule has 7 heteroatoms. The number of fused-ring (bicyclic) bond motifs is 2. The summed E-state index contributed by atoms with van der Waals surface area (Å²) in [6, 6.07) is 5.70. The molecule has 0 radical (unpaired) electrons. The van der Waals surface area contributed by atoms with Crippen LogP contribution in [0.15, 0.2) is 36.8 Å². The Kier molecular flexibility index (Phi) is 4.22. The van der Waals surface area contributed by atoms with E-state index in [4.69, 9.17) is 17.3 Å². The zero-order valence-corrected chi connectivity index (χ0v) is 16.6. The van der Waals surface area contributed by atoms with Gasteiger partial charge in [0, 0.05) is 41.0 Å². The number of aromatic nitrogens is 2. The molecule has 1 amide bonds. The van der Waals surface area contributed by atoms with Crippen molar-refractivity contribution in [3.63, 3.8) is 0 Å². The number of halogens is 1. The molecule has 4 N–H and O–H groups in total. The van der Waals surface area contributed by atoms with Crippen molar-refractivity contribution in [3.05, 3.63) is 47.4 Å². The maximum absolute atomic E-state index is 12.6. The minimum atomic E-state index is -0.255. The Morgan fingerprint density at radius 3 is 2.72 bits per heavy atom. The number of pyridine rings is 2. The molecule has 2 aliphatic rings. The van der Waals surface area contributed by atoms with Crippen molar-refractivity contribution in [2.75, 3.05) is 11.1 Å². The molecule has 0 bridgehead atoms. The Labute approximate surface area is 173 Å². The van der Waals surface area contributed by atoms with E-state index in [0.29, 0.717) is 28.4 Å². The van der Waals surface area contributed by atoms with Gasteiger partial charge in [-0.2, -0.15) is 0 Å². The van der Waals surface area contributed by atoms with Gasteiger partial charge in [-0.25, -0.2) is 4.98 Å². The normalized spacial score (nSPS) is 25.1. The number of aryl methyl sites for hydroxylation is 1. The zero-order chi connectivity index (χ0) is 20.3. The molecule has 2 heterocycles. The van der Waals surface area contributed by atoms with Gasteiger partial charge in [0.05, 0.1) is 16.8 Å². The average molecular weight is 409 g/mol. The molecule has 6 nitrogen and oxygen atoms in total. The summed E-state index contributed by atoms with van der Waals surface area (Å²) in [6.07, 6.45) is 6.33. The molecular formula is C22H21ClN4O2. The summed E-state index contributed by atoms with van der Waals surface area (Å²) >= 11 is 6.55. The van der Waals surface area contributed by atoms with Gasteiger partial charge in [0.2, 0.25) is 5.91 Å². The van der Waals surface area contributed by atoms with Crippen LogP contribution in [0.1, 0.15) is 18.4 Å². The number of nitrogens with zero attached hydrogens (tertiary/aromatic N) is 2. The lowest BCUT2D eigenvalue weighted by atomic mass is 9.99. The number of nitrogens with one attached hydrogen (secondary N) is 1. The zero-order valence-electron chi connectivity index (χ0n) is 15.9. The first-order valence-corrected chi connectivity index (χ1v) is 10.1. The van der Waals surface area contributed by atoms with Crippen molar-refractivity contribution in [2.24, 2.45) is 17.8 Å². The molecule has 2 aromatic heterocycles. The van der Waals surface area contributed by atoms with Gasteiger partial charge in [-0.15, -0.1) is 0 Å². The monoisotopic (exact) mass is 408 g/mol. The van der Waals surface area contributed by atoms with Crippen LogP contribution in [0, 0.1) is 24.7 Å². The summed E-state index contributed by atoms with van der Waals surface area (Å²) in [4.78, 5) is 21.2. The van der Waals surface area contributed by atoms with Crippen LogP contribution in [-0.4, -0.2) is 27.1 Å². The summed E-state index contributed by atoms with van der Waals surface area (Å²) in [5.74, 6) is 1.06. The van der Waals surface area contributed by atoms with Gasteiger partial charge in [-0.05, 0) is 60.7 Å². The minimum absolute atomic E-state index is 0.0141. The van der Waals surface area contributed by atoms with Crippen LogP contribution in [0.2, 0.25) is 5.02 Å². The molecule has 0 saturated heterocycles. The summed E-state index contributed by atoms with van der Waals surface area (Å²) in [5.41, 5.74) is 9.51. The molecule has 2 fully saturated rings. The molecule has 0 spiro atoms. The summed E-state index contributed by atoms with van der Waals surface area (Å²) in [5, 5.41) is 14.6. The third kappa shape index (κ3) is 3.03. The van der Waals surface area contributed by atoms with Crippen molar-refractivity contribution in [3.8, 4) is 11.1 Å². The second-order valence-electron chi connectivity index (χ2n) is 8.10. The molecule has 0 aliphatic heterocycles. The van der Waals surface area contributed by atoms with Gasteiger partial charge >= 0.3 is 0 Å². The number of nitrogen functional groups attached to an aromatic ring is 1. The highest BCUT2D eigenvalue weighted by molar-refractivity contribution is 6.37. The van der Waals surface area contributed by atoms with Crippen molar-refractivity contribution in [2.45, 2.75) is 25.9 Å². The van der Waals surface area contributed by atoms with E-state index in [2.05, 4.69) is 15.3 Å². The second-order valence-corrected chi connectivity index (χ2v) is 8.48. The third-order valence-corrected chi connectivity index (χ3v) is 6.71. The number of hydrogen-bond donors (Lipinski definition) is 3. The number of carbonyl (C=O) groups excluding carboxylic acids is 1. The molecular weight excluding hydrogens is 388 g/mol. The van der Waals surface area contributed by atoms with Crippen LogP contribution in [0.4, 0.5) is 11.5 Å². The van der Waals surface area contributed by atoms with Gasteiger partial charge in [0.25, 0.3) is 0 Å². The van der Waals surface area contributed by atoms with E-state index in [9.17, 15) is 9.90 Å². The number of aliphatic hydroxyl groups is 1. The Bertz CT molecular complexity index is 1140. The molecule has 29 heavy (non-hydrogen) atoms. The lowest BCUT2D eigenvalue weighted by Gasteiger charge is -2.14. The molecule has 2 aliphatic carbocycles. The number of rotatable bonds is 3. The first-order valence-electron chi connectivity index (χ1n) is 9.71. The van der Waals surface area contributed by atoms with Gasteiger partial charge in [0.15, 0.2) is 0 Å². The summed E-state index contributed by atoms with van der Waals surface area (Å²) < 4.78 is 0. The smallest absolute Gasteiger partial charge is 0.229 e. The Morgan fingerprint density at radius 2 is 2.00 bits per heavy atom. The van der Waals surface area contributed by atoms with Gasteiger partial charge in [-0.1, -0.05) is 11.6 Å². The van der Waals surface area contributed by atoms with Crippen LogP contribution in [0.3, 0.4) is 0 Å². The van der Waals surface area contributed by atoms with E-state index in [1.165, 1.54) is 0 Å².